The van der Waals surface area contributed by atoms with Crippen LogP contribution >= 0.6 is 0 Å². The average Bonchev–Trinajstić information content (AvgIpc) is 3.59. The third-order valence-electron chi connectivity index (χ3n) is 10.5. The van der Waals surface area contributed by atoms with Gasteiger partial charge < -0.3 is 0 Å². The summed E-state index contributed by atoms with van der Waals surface area (Å²) >= 11 is 0. The third-order valence-corrected chi connectivity index (χ3v) is 10.5. The van der Waals surface area contributed by atoms with E-state index in [1.807, 2.05) is 0 Å². The quantitative estimate of drug-likeness (QED) is 0.174. The summed E-state index contributed by atoms with van der Waals surface area (Å²) in [4.78, 5) is 0. The minimum absolute atomic E-state index is 0.174. The lowest BCUT2D eigenvalue weighted by Gasteiger charge is -2.34. The summed E-state index contributed by atoms with van der Waals surface area (Å²) in [7, 11) is 0. The predicted octanol–water partition coefficient (Wildman–Crippen LogP) is 11.2. The maximum Gasteiger partial charge on any atom is 0.0463 e. The van der Waals surface area contributed by atoms with E-state index < -0.39 is 0 Å². The zero-order valence-electron chi connectivity index (χ0n) is 26.3. The van der Waals surface area contributed by atoms with Gasteiger partial charge in [-0.05, 0) is 92.3 Å². The molecule has 216 valence electrons. The SMILES string of the molecule is CCCc1ccc(C2(c3ccc(C(C)(C)CCC)cc3)CC(c3ccccc3)c3c2ccc2c3-c3ccccc3C2)cc1. The highest BCUT2D eigenvalue weighted by atomic mass is 14.5. The van der Waals surface area contributed by atoms with Crippen LogP contribution < -0.4 is 0 Å². The molecule has 0 aromatic heterocycles. The van der Waals surface area contributed by atoms with Crippen molar-refractivity contribution >= 4 is 0 Å². The Morgan fingerprint density at radius 3 is 2.05 bits per heavy atom. The normalized spacial score (nSPS) is 18.7. The summed E-state index contributed by atoms with van der Waals surface area (Å²) in [5.41, 5.74) is 16.0. The van der Waals surface area contributed by atoms with Crippen LogP contribution in [0.4, 0.5) is 0 Å². The Labute approximate surface area is 258 Å². The van der Waals surface area contributed by atoms with E-state index in [0.29, 0.717) is 5.92 Å². The number of rotatable bonds is 8. The number of aryl methyl sites for hydroxylation is 1. The molecule has 0 amide bonds. The lowest BCUT2D eigenvalue weighted by Crippen LogP contribution is -2.27. The molecule has 2 atom stereocenters. The van der Waals surface area contributed by atoms with Gasteiger partial charge in [-0.3, -0.25) is 0 Å². The van der Waals surface area contributed by atoms with Gasteiger partial charge in [-0.1, -0.05) is 156 Å². The maximum absolute atomic E-state index is 2.50. The molecule has 2 aliphatic carbocycles. The van der Waals surface area contributed by atoms with Crippen molar-refractivity contribution < 1.29 is 0 Å². The molecule has 0 nitrogen and oxygen atoms in total. The minimum Gasteiger partial charge on any atom is -0.0654 e. The predicted molar refractivity (Wildman–Crippen MR) is 182 cm³/mol. The van der Waals surface area contributed by atoms with Gasteiger partial charge in [0.05, 0.1) is 0 Å². The van der Waals surface area contributed by atoms with Crippen molar-refractivity contribution in [1.82, 2.24) is 0 Å². The Kier molecular flexibility index (Phi) is 7.13. The standard InChI is InChI=1S/C43H44/c1-5-12-30-17-20-35(21-18-30)43(36-24-22-34(23-25-36)42(3,4)27-6-2)29-38(31-13-8-7-9-14-31)41-39(43)26-19-33-28-32-15-10-11-16-37(32)40(33)41/h7-11,13-26,38H,5-6,12,27-29H2,1-4H3. The van der Waals surface area contributed by atoms with E-state index in [2.05, 4.69) is 143 Å². The highest BCUT2D eigenvalue weighted by Gasteiger charge is 2.49. The van der Waals surface area contributed by atoms with Crippen LogP contribution in [-0.4, -0.2) is 0 Å². The molecule has 0 fully saturated rings. The molecule has 0 heterocycles. The van der Waals surface area contributed by atoms with Gasteiger partial charge in [0.25, 0.3) is 0 Å². The smallest absolute Gasteiger partial charge is 0.0463 e. The van der Waals surface area contributed by atoms with E-state index in [1.54, 1.807) is 5.56 Å². The Bertz CT molecular complexity index is 1740. The van der Waals surface area contributed by atoms with Gasteiger partial charge in [-0.15, -0.1) is 0 Å². The van der Waals surface area contributed by atoms with E-state index in [4.69, 9.17) is 0 Å². The zero-order valence-corrected chi connectivity index (χ0v) is 26.3. The fourth-order valence-electron chi connectivity index (χ4n) is 8.41. The summed E-state index contributed by atoms with van der Waals surface area (Å²) in [6, 6.07) is 44.8. The molecule has 0 saturated carbocycles. The maximum atomic E-state index is 2.50. The molecule has 5 aromatic carbocycles. The van der Waals surface area contributed by atoms with Crippen molar-refractivity contribution in [2.75, 3.05) is 0 Å². The average molecular weight is 561 g/mol. The van der Waals surface area contributed by atoms with Gasteiger partial charge >= 0.3 is 0 Å². The molecule has 0 radical (unpaired) electrons. The molecule has 0 aliphatic heterocycles. The Hall–Kier alpha value is -3.90. The number of fused-ring (bicyclic) bond motifs is 5. The molecule has 0 heteroatoms. The van der Waals surface area contributed by atoms with Crippen LogP contribution in [0.15, 0.2) is 115 Å². The third kappa shape index (κ3) is 4.58. The Balaban J connectivity index is 1.49. The van der Waals surface area contributed by atoms with Crippen LogP contribution in [0.25, 0.3) is 11.1 Å². The summed E-state index contributed by atoms with van der Waals surface area (Å²) in [5, 5.41) is 0. The second-order valence-electron chi connectivity index (χ2n) is 13.6. The molecule has 5 aromatic rings. The molecular weight excluding hydrogens is 516 g/mol. The number of benzene rings is 5. The molecule has 0 spiro atoms. The topological polar surface area (TPSA) is 0 Å². The van der Waals surface area contributed by atoms with Gasteiger partial charge in [0.15, 0.2) is 0 Å². The lowest BCUT2D eigenvalue weighted by molar-refractivity contribution is 0.472. The second-order valence-corrected chi connectivity index (χ2v) is 13.6. The first kappa shape index (κ1) is 27.9. The first-order chi connectivity index (χ1) is 21.0. The van der Waals surface area contributed by atoms with Crippen LogP contribution in [-0.2, 0) is 23.7 Å². The van der Waals surface area contributed by atoms with Crippen molar-refractivity contribution in [1.29, 1.82) is 0 Å². The number of hydrogen-bond donors (Lipinski definition) is 0. The Morgan fingerprint density at radius 2 is 1.35 bits per heavy atom. The van der Waals surface area contributed by atoms with Gasteiger partial charge in [0, 0.05) is 11.3 Å². The Morgan fingerprint density at radius 1 is 0.674 bits per heavy atom. The largest absolute Gasteiger partial charge is 0.0654 e. The van der Waals surface area contributed by atoms with Gasteiger partial charge in [-0.25, -0.2) is 0 Å². The summed E-state index contributed by atoms with van der Waals surface area (Å²) in [6.45, 7) is 9.35. The van der Waals surface area contributed by atoms with Crippen LogP contribution in [0.5, 0.6) is 0 Å². The molecule has 7 rings (SSSR count). The van der Waals surface area contributed by atoms with E-state index in [9.17, 15) is 0 Å². The van der Waals surface area contributed by atoms with E-state index >= 15 is 0 Å². The summed E-state index contributed by atoms with van der Waals surface area (Å²) < 4.78 is 0. The molecule has 43 heavy (non-hydrogen) atoms. The fraction of sp³-hybridized carbons (Fsp3) is 0.302. The molecule has 0 bridgehead atoms. The highest BCUT2D eigenvalue weighted by molar-refractivity contribution is 5.84. The first-order valence-corrected chi connectivity index (χ1v) is 16.5. The molecule has 2 aliphatic rings. The van der Waals surface area contributed by atoms with Gasteiger partial charge in [0.1, 0.15) is 0 Å². The minimum atomic E-state index is -0.222. The zero-order chi connectivity index (χ0) is 29.6. The molecule has 0 N–H and O–H groups in total. The summed E-state index contributed by atoms with van der Waals surface area (Å²) in [5.74, 6) is 0.323. The molecular formula is C43H44. The molecule has 2 unspecified atom stereocenters. The van der Waals surface area contributed by atoms with Gasteiger partial charge in [-0.2, -0.15) is 0 Å². The van der Waals surface area contributed by atoms with Crippen LogP contribution in [0.2, 0.25) is 0 Å². The van der Waals surface area contributed by atoms with Crippen LogP contribution in [0.3, 0.4) is 0 Å². The van der Waals surface area contributed by atoms with Crippen molar-refractivity contribution in [2.45, 2.75) is 83.0 Å². The van der Waals surface area contributed by atoms with Crippen molar-refractivity contribution in [2.24, 2.45) is 0 Å². The van der Waals surface area contributed by atoms with Crippen molar-refractivity contribution in [3.63, 3.8) is 0 Å². The highest BCUT2D eigenvalue weighted by Crippen LogP contribution is 2.59. The van der Waals surface area contributed by atoms with Crippen molar-refractivity contribution in [3.05, 3.63) is 165 Å². The van der Waals surface area contributed by atoms with Crippen LogP contribution in [0, 0.1) is 0 Å². The summed E-state index contributed by atoms with van der Waals surface area (Å²) in [6.07, 6.45) is 6.75. The van der Waals surface area contributed by atoms with E-state index in [-0.39, 0.29) is 10.8 Å². The first-order valence-electron chi connectivity index (χ1n) is 16.5. The van der Waals surface area contributed by atoms with E-state index in [0.717, 1.165) is 19.3 Å². The van der Waals surface area contributed by atoms with E-state index in [1.165, 1.54) is 74.9 Å². The monoisotopic (exact) mass is 560 g/mol. The lowest BCUT2D eigenvalue weighted by atomic mass is 9.68. The fourth-order valence-corrected chi connectivity index (χ4v) is 8.41. The van der Waals surface area contributed by atoms with Crippen molar-refractivity contribution in [3.8, 4) is 11.1 Å². The van der Waals surface area contributed by atoms with Gasteiger partial charge in [0.2, 0.25) is 0 Å². The number of hydrogen-bond acceptors (Lipinski definition) is 0. The van der Waals surface area contributed by atoms with Crippen LogP contribution in [0.1, 0.15) is 109 Å². The molecule has 0 saturated heterocycles. The second kappa shape index (κ2) is 11.0.